The van der Waals surface area contributed by atoms with E-state index in [1.54, 1.807) is 19.3 Å². The SMILES string of the molecule is CCNC(=NCC(C)(O)c1ccc(C)o1)NCC(c1ccco1)N1CCCCC1. The van der Waals surface area contributed by atoms with Gasteiger partial charge in [-0.2, -0.15) is 0 Å². The second-order valence-electron chi connectivity index (χ2n) is 7.89. The Morgan fingerprint density at radius 1 is 1.24 bits per heavy atom. The molecule has 0 spiro atoms. The highest BCUT2D eigenvalue weighted by Gasteiger charge is 2.27. The molecular formula is C22H34N4O3. The molecule has 0 aromatic carbocycles. The van der Waals surface area contributed by atoms with E-state index >= 15 is 0 Å². The summed E-state index contributed by atoms with van der Waals surface area (Å²) in [4.78, 5) is 7.08. The van der Waals surface area contributed by atoms with Crippen LogP contribution in [0.15, 0.2) is 44.4 Å². The zero-order chi connectivity index (χ0) is 20.7. The van der Waals surface area contributed by atoms with Crippen molar-refractivity contribution >= 4 is 5.96 Å². The van der Waals surface area contributed by atoms with Crippen molar-refractivity contribution in [1.82, 2.24) is 15.5 Å². The number of nitrogens with zero attached hydrogens (tertiary/aromatic N) is 2. The molecule has 3 heterocycles. The van der Waals surface area contributed by atoms with Gasteiger partial charge in [-0.1, -0.05) is 6.42 Å². The highest BCUT2D eigenvalue weighted by Crippen LogP contribution is 2.25. The third kappa shape index (κ3) is 5.87. The lowest BCUT2D eigenvalue weighted by atomic mass is 10.0. The number of hydrogen-bond acceptors (Lipinski definition) is 5. The first-order valence-electron chi connectivity index (χ1n) is 10.6. The van der Waals surface area contributed by atoms with E-state index in [2.05, 4.69) is 20.5 Å². The van der Waals surface area contributed by atoms with Crippen molar-refractivity contribution in [2.45, 2.75) is 51.7 Å². The van der Waals surface area contributed by atoms with Crippen molar-refractivity contribution in [2.24, 2.45) is 4.99 Å². The summed E-state index contributed by atoms with van der Waals surface area (Å²) in [5.41, 5.74) is -1.16. The molecular weight excluding hydrogens is 368 g/mol. The van der Waals surface area contributed by atoms with Gasteiger partial charge in [0.15, 0.2) is 5.96 Å². The molecule has 7 nitrogen and oxygen atoms in total. The molecule has 3 rings (SSSR count). The van der Waals surface area contributed by atoms with Crippen molar-refractivity contribution in [3.63, 3.8) is 0 Å². The Bertz CT molecular complexity index is 761. The summed E-state index contributed by atoms with van der Waals surface area (Å²) in [6, 6.07) is 7.78. The number of piperidine rings is 1. The normalized spacial score (nSPS) is 19.0. The molecule has 1 aliphatic heterocycles. The van der Waals surface area contributed by atoms with Gasteiger partial charge in [-0.15, -0.1) is 0 Å². The van der Waals surface area contributed by atoms with Crippen molar-refractivity contribution < 1.29 is 13.9 Å². The predicted octanol–water partition coefficient (Wildman–Crippen LogP) is 3.17. The number of hydrogen-bond donors (Lipinski definition) is 3. The quantitative estimate of drug-likeness (QED) is 0.464. The first-order chi connectivity index (χ1) is 14.0. The van der Waals surface area contributed by atoms with Gasteiger partial charge in [-0.05, 0) is 71.0 Å². The topological polar surface area (TPSA) is 86.2 Å². The van der Waals surface area contributed by atoms with E-state index in [1.165, 1.54) is 19.3 Å². The second kappa shape index (κ2) is 9.98. The maximum atomic E-state index is 10.8. The number of likely N-dealkylation sites (tertiary alicyclic amines) is 1. The van der Waals surface area contributed by atoms with Crippen LogP contribution >= 0.6 is 0 Å². The number of aliphatic imine (C=N–C) groups is 1. The largest absolute Gasteiger partial charge is 0.468 e. The number of furan rings is 2. The summed E-state index contributed by atoms with van der Waals surface area (Å²) in [5, 5.41) is 17.5. The molecule has 0 aliphatic carbocycles. The fourth-order valence-electron chi connectivity index (χ4n) is 3.69. The van der Waals surface area contributed by atoms with E-state index in [0.717, 1.165) is 31.2 Å². The van der Waals surface area contributed by atoms with Crippen molar-refractivity contribution in [3.8, 4) is 0 Å². The molecule has 0 bridgehead atoms. The molecule has 2 atom stereocenters. The first kappa shape index (κ1) is 21.5. The van der Waals surface area contributed by atoms with E-state index in [9.17, 15) is 5.11 Å². The summed E-state index contributed by atoms with van der Waals surface area (Å²) in [6.07, 6.45) is 5.46. The summed E-state index contributed by atoms with van der Waals surface area (Å²) in [5.74, 6) is 2.94. The van der Waals surface area contributed by atoms with Crippen LogP contribution in [0, 0.1) is 6.92 Å². The van der Waals surface area contributed by atoms with E-state index in [1.807, 2.05) is 32.0 Å². The Kier molecular flexibility index (Phi) is 7.39. The molecule has 7 heteroatoms. The highest BCUT2D eigenvalue weighted by molar-refractivity contribution is 5.79. The Labute approximate surface area is 173 Å². The molecule has 2 unspecified atom stereocenters. The zero-order valence-electron chi connectivity index (χ0n) is 17.8. The van der Waals surface area contributed by atoms with E-state index in [4.69, 9.17) is 8.83 Å². The van der Waals surface area contributed by atoms with E-state index < -0.39 is 5.60 Å². The van der Waals surface area contributed by atoms with Gasteiger partial charge < -0.3 is 24.6 Å². The van der Waals surface area contributed by atoms with Gasteiger partial charge in [-0.25, -0.2) is 4.99 Å². The Morgan fingerprint density at radius 3 is 2.66 bits per heavy atom. The number of aryl methyl sites for hydroxylation is 1. The fraction of sp³-hybridized carbons (Fsp3) is 0.591. The number of rotatable bonds is 8. The maximum absolute atomic E-state index is 10.8. The minimum absolute atomic E-state index is 0.155. The number of guanidine groups is 1. The van der Waals surface area contributed by atoms with Crippen LogP contribution in [0.4, 0.5) is 0 Å². The fourth-order valence-corrected chi connectivity index (χ4v) is 3.69. The van der Waals surface area contributed by atoms with Crippen LogP contribution < -0.4 is 10.6 Å². The lowest BCUT2D eigenvalue weighted by Crippen LogP contribution is -2.45. The van der Waals surface area contributed by atoms with Gasteiger partial charge >= 0.3 is 0 Å². The third-order valence-electron chi connectivity index (χ3n) is 5.33. The van der Waals surface area contributed by atoms with Crippen LogP contribution in [0.2, 0.25) is 0 Å². The molecule has 160 valence electrons. The minimum Gasteiger partial charge on any atom is -0.468 e. The van der Waals surface area contributed by atoms with Crippen molar-refractivity contribution in [3.05, 3.63) is 47.8 Å². The number of aliphatic hydroxyl groups is 1. The Morgan fingerprint density at radius 2 is 2.03 bits per heavy atom. The van der Waals surface area contributed by atoms with Crippen LogP contribution in [0.1, 0.15) is 56.4 Å². The second-order valence-corrected chi connectivity index (χ2v) is 7.89. The maximum Gasteiger partial charge on any atom is 0.191 e. The third-order valence-corrected chi connectivity index (χ3v) is 5.33. The highest BCUT2D eigenvalue weighted by atomic mass is 16.4. The van der Waals surface area contributed by atoms with Gasteiger partial charge in [-0.3, -0.25) is 4.90 Å². The molecule has 0 saturated carbocycles. The van der Waals surface area contributed by atoms with Gasteiger partial charge in [0, 0.05) is 13.1 Å². The van der Waals surface area contributed by atoms with Crippen LogP contribution in [0.25, 0.3) is 0 Å². The van der Waals surface area contributed by atoms with Crippen LogP contribution in [-0.4, -0.2) is 48.7 Å². The van der Waals surface area contributed by atoms with Gasteiger partial charge in [0.05, 0.1) is 18.8 Å². The Hall–Kier alpha value is -2.25. The monoisotopic (exact) mass is 402 g/mol. The summed E-state index contributed by atoms with van der Waals surface area (Å²) in [7, 11) is 0. The van der Waals surface area contributed by atoms with Gasteiger partial charge in [0.25, 0.3) is 0 Å². The van der Waals surface area contributed by atoms with Gasteiger partial charge in [0.2, 0.25) is 0 Å². The molecule has 1 fully saturated rings. The first-order valence-corrected chi connectivity index (χ1v) is 10.6. The summed E-state index contributed by atoms with van der Waals surface area (Å²) in [6.45, 7) is 9.39. The lowest BCUT2D eigenvalue weighted by molar-refractivity contribution is 0.0428. The van der Waals surface area contributed by atoms with Crippen molar-refractivity contribution in [2.75, 3.05) is 32.7 Å². The molecule has 29 heavy (non-hydrogen) atoms. The molecule has 2 aromatic rings. The van der Waals surface area contributed by atoms with Crippen LogP contribution in [0.3, 0.4) is 0 Å². The average molecular weight is 403 g/mol. The summed E-state index contributed by atoms with van der Waals surface area (Å²) < 4.78 is 11.3. The molecule has 1 aliphatic rings. The molecule has 3 N–H and O–H groups in total. The molecule has 1 saturated heterocycles. The Balaban J connectivity index is 1.67. The average Bonchev–Trinajstić information content (AvgIpc) is 3.39. The minimum atomic E-state index is -1.16. The zero-order valence-corrected chi connectivity index (χ0v) is 17.8. The smallest absolute Gasteiger partial charge is 0.191 e. The van der Waals surface area contributed by atoms with Crippen molar-refractivity contribution in [1.29, 1.82) is 0 Å². The standard InChI is InChI=1S/C22H34N4O3/c1-4-23-21(25-16-22(3,27)20-11-10-17(2)29-20)24-15-18(19-9-8-14-28-19)26-12-6-5-7-13-26/h8-11,14,18,27H,4-7,12-13,15-16H2,1-3H3,(H2,23,24,25). The molecule has 0 amide bonds. The number of nitrogens with one attached hydrogen (secondary N) is 2. The summed E-state index contributed by atoms with van der Waals surface area (Å²) >= 11 is 0. The van der Waals surface area contributed by atoms with Crippen LogP contribution in [0.5, 0.6) is 0 Å². The van der Waals surface area contributed by atoms with Crippen LogP contribution in [-0.2, 0) is 5.60 Å². The lowest BCUT2D eigenvalue weighted by Gasteiger charge is -2.33. The van der Waals surface area contributed by atoms with Gasteiger partial charge in [0.1, 0.15) is 22.9 Å². The molecule has 2 aromatic heterocycles. The van der Waals surface area contributed by atoms with E-state index in [0.29, 0.717) is 18.3 Å². The predicted molar refractivity (Wildman–Crippen MR) is 114 cm³/mol. The molecule has 0 radical (unpaired) electrons. The van der Waals surface area contributed by atoms with E-state index in [-0.39, 0.29) is 12.6 Å².